The number of aromatic nitrogens is 1. The maximum Gasteiger partial charge on any atom is 0.261 e. The molecule has 1 aliphatic heterocycles. The Bertz CT molecular complexity index is 1500. The number of hydrogen-bond donors (Lipinski definition) is 2. The molecule has 10 heteroatoms. The van der Waals surface area contributed by atoms with Gasteiger partial charge in [0, 0.05) is 22.2 Å². The van der Waals surface area contributed by atoms with E-state index in [1.807, 2.05) is 30.5 Å². The number of amides is 1. The van der Waals surface area contributed by atoms with Crippen LogP contribution in [0.2, 0.25) is 0 Å². The van der Waals surface area contributed by atoms with E-state index < -0.39 is 15.9 Å². The van der Waals surface area contributed by atoms with E-state index in [0.717, 1.165) is 11.1 Å². The topological polar surface area (TPSA) is 107 Å². The van der Waals surface area contributed by atoms with Crippen molar-refractivity contribution in [2.75, 3.05) is 23.3 Å². The zero-order chi connectivity index (χ0) is 24.4. The second-order valence-electron chi connectivity index (χ2n) is 7.85. The van der Waals surface area contributed by atoms with Gasteiger partial charge in [0.1, 0.15) is 13.2 Å². The molecule has 0 spiro atoms. The normalized spacial score (nSPS) is 12.7. The number of ether oxygens (including phenoxy) is 2. The SMILES string of the molecule is Cc1ccc(S(=O)(=O)Nc2cccc(C(=O)Nc3nc(-c4ccc5c(c4)OCCO5)cs3)c2)cc1. The first-order valence-corrected chi connectivity index (χ1v) is 13.1. The number of rotatable bonds is 6. The summed E-state index contributed by atoms with van der Waals surface area (Å²) in [5.41, 5.74) is 3.09. The molecule has 0 radical (unpaired) electrons. The Labute approximate surface area is 206 Å². The van der Waals surface area contributed by atoms with Gasteiger partial charge in [-0.3, -0.25) is 14.8 Å². The minimum absolute atomic E-state index is 0.146. The van der Waals surface area contributed by atoms with Gasteiger partial charge in [0.25, 0.3) is 15.9 Å². The lowest BCUT2D eigenvalue weighted by Crippen LogP contribution is -2.15. The van der Waals surface area contributed by atoms with Crippen molar-refractivity contribution in [2.45, 2.75) is 11.8 Å². The highest BCUT2D eigenvalue weighted by atomic mass is 32.2. The molecule has 35 heavy (non-hydrogen) atoms. The van der Waals surface area contributed by atoms with Crippen molar-refractivity contribution in [2.24, 2.45) is 0 Å². The van der Waals surface area contributed by atoms with Crippen LogP contribution in [0.3, 0.4) is 0 Å². The fourth-order valence-electron chi connectivity index (χ4n) is 3.49. The van der Waals surface area contributed by atoms with Gasteiger partial charge in [-0.1, -0.05) is 23.8 Å². The third-order valence-corrected chi connectivity index (χ3v) is 7.43. The molecular formula is C25H21N3O5S2. The number of anilines is 2. The van der Waals surface area contributed by atoms with Crippen LogP contribution in [0.5, 0.6) is 11.5 Å². The molecule has 0 aliphatic carbocycles. The molecule has 0 saturated heterocycles. The molecule has 178 valence electrons. The molecule has 0 bridgehead atoms. The van der Waals surface area contributed by atoms with Crippen LogP contribution < -0.4 is 19.5 Å². The number of fused-ring (bicyclic) bond motifs is 1. The number of benzene rings is 3. The Hall–Kier alpha value is -3.89. The third-order valence-electron chi connectivity index (χ3n) is 5.27. The first-order valence-electron chi connectivity index (χ1n) is 10.7. The lowest BCUT2D eigenvalue weighted by atomic mass is 10.1. The summed E-state index contributed by atoms with van der Waals surface area (Å²) in [7, 11) is -3.78. The zero-order valence-electron chi connectivity index (χ0n) is 18.6. The van der Waals surface area contributed by atoms with Crippen molar-refractivity contribution in [1.29, 1.82) is 0 Å². The van der Waals surface area contributed by atoms with Crippen molar-refractivity contribution in [3.05, 3.63) is 83.2 Å². The highest BCUT2D eigenvalue weighted by Crippen LogP contribution is 2.35. The fourth-order valence-corrected chi connectivity index (χ4v) is 5.26. The highest BCUT2D eigenvalue weighted by Gasteiger charge is 2.17. The summed E-state index contributed by atoms with van der Waals surface area (Å²) in [6.45, 7) is 2.90. The second kappa shape index (κ2) is 9.40. The first-order chi connectivity index (χ1) is 16.9. The number of thiazole rings is 1. The number of carbonyl (C=O) groups excluding carboxylic acids is 1. The maximum atomic E-state index is 12.8. The molecule has 4 aromatic rings. The van der Waals surface area contributed by atoms with Crippen LogP contribution in [-0.2, 0) is 10.0 Å². The van der Waals surface area contributed by atoms with Gasteiger partial charge in [0.15, 0.2) is 16.6 Å². The van der Waals surface area contributed by atoms with Crippen LogP contribution in [0.15, 0.2) is 77.0 Å². The van der Waals surface area contributed by atoms with Crippen LogP contribution in [0, 0.1) is 6.92 Å². The zero-order valence-corrected chi connectivity index (χ0v) is 20.3. The predicted octanol–water partition coefficient (Wildman–Crippen LogP) is 4.94. The molecule has 0 fully saturated rings. The number of sulfonamides is 1. The van der Waals surface area contributed by atoms with Crippen LogP contribution in [-0.4, -0.2) is 32.5 Å². The smallest absolute Gasteiger partial charge is 0.261 e. The molecule has 8 nitrogen and oxygen atoms in total. The van der Waals surface area contributed by atoms with Gasteiger partial charge in [0.05, 0.1) is 10.6 Å². The van der Waals surface area contributed by atoms with Crippen LogP contribution in [0.4, 0.5) is 10.8 Å². The standard InChI is InChI=1S/C25H21N3O5S2/c1-16-5-8-20(9-6-16)35(30,31)28-19-4-2-3-18(13-19)24(29)27-25-26-21(15-34-25)17-7-10-22-23(14-17)33-12-11-32-22/h2-10,13-15,28H,11-12H2,1H3,(H,26,27,29). The Kier molecular flexibility index (Phi) is 6.14. The maximum absolute atomic E-state index is 12.8. The number of nitrogens with one attached hydrogen (secondary N) is 2. The monoisotopic (exact) mass is 507 g/mol. The van der Waals surface area contributed by atoms with Gasteiger partial charge in [0.2, 0.25) is 0 Å². The summed E-state index contributed by atoms with van der Waals surface area (Å²) < 4.78 is 39.0. The molecule has 1 aliphatic rings. The number of hydrogen-bond acceptors (Lipinski definition) is 7. The minimum atomic E-state index is -3.78. The van der Waals surface area contributed by atoms with E-state index >= 15 is 0 Å². The van der Waals surface area contributed by atoms with Gasteiger partial charge in [-0.05, 0) is 55.5 Å². The molecule has 3 aromatic carbocycles. The quantitative estimate of drug-likeness (QED) is 0.383. The summed E-state index contributed by atoms with van der Waals surface area (Å²) in [6.07, 6.45) is 0. The Morgan fingerprint density at radius 2 is 1.74 bits per heavy atom. The van der Waals surface area contributed by atoms with Gasteiger partial charge >= 0.3 is 0 Å². The summed E-state index contributed by atoms with van der Waals surface area (Å²) >= 11 is 1.29. The summed E-state index contributed by atoms with van der Waals surface area (Å²) in [5.74, 6) is 0.961. The Balaban J connectivity index is 1.29. The molecule has 2 N–H and O–H groups in total. The van der Waals surface area contributed by atoms with Crippen LogP contribution >= 0.6 is 11.3 Å². The number of aryl methyl sites for hydroxylation is 1. The van der Waals surface area contributed by atoms with E-state index in [9.17, 15) is 13.2 Å². The van der Waals surface area contributed by atoms with E-state index in [4.69, 9.17) is 9.47 Å². The Morgan fingerprint density at radius 1 is 0.971 bits per heavy atom. The minimum Gasteiger partial charge on any atom is -0.486 e. The molecule has 2 heterocycles. The lowest BCUT2D eigenvalue weighted by molar-refractivity contribution is 0.102. The van der Waals surface area contributed by atoms with Crippen molar-refractivity contribution in [3.63, 3.8) is 0 Å². The van der Waals surface area contributed by atoms with Crippen LogP contribution in [0.25, 0.3) is 11.3 Å². The third kappa shape index (κ3) is 5.13. The fraction of sp³-hybridized carbons (Fsp3) is 0.120. The van der Waals surface area contributed by atoms with E-state index in [0.29, 0.717) is 41.1 Å². The van der Waals surface area contributed by atoms with Gasteiger partial charge in [-0.2, -0.15) is 0 Å². The van der Waals surface area contributed by atoms with Crippen LogP contribution in [0.1, 0.15) is 15.9 Å². The lowest BCUT2D eigenvalue weighted by Gasteiger charge is -2.18. The molecule has 1 amide bonds. The van der Waals surface area contributed by atoms with E-state index in [1.165, 1.54) is 29.5 Å². The molecule has 5 rings (SSSR count). The van der Waals surface area contributed by atoms with Gasteiger partial charge < -0.3 is 9.47 Å². The van der Waals surface area contributed by atoms with Crippen molar-refractivity contribution in [1.82, 2.24) is 4.98 Å². The molecule has 0 unspecified atom stereocenters. The largest absolute Gasteiger partial charge is 0.486 e. The molecule has 1 aromatic heterocycles. The Morgan fingerprint density at radius 3 is 2.54 bits per heavy atom. The van der Waals surface area contributed by atoms with Crippen molar-refractivity contribution in [3.8, 4) is 22.8 Å². The van der Waals surface area contributed by atoms with Crippen molar-refractivity contribution < 1.29 is 22.7 Å². The summed E-state index contributed by atoms with van der Waals surface area (Å²) in [6, 6.07) is 18.4. The summed E-state index contributed by atoms with van der Waals surface area (Å²) in [4.78, 5) is 17.5. The molecule has 0 atom stereocenters. The van der Waals surface area contributed by atoms with Gasteiger partial charge in [-0.15, -0.1) is 11.3 Å². The summed E-state index contributed by atoms with van der Waals surface area (Å²) in [5, 5.41) is 5.04. The van der Waals surface area contributed by atoms with E-state index in [1.54, 1.807) is 30.3 Å². The predicted molar refractivity (Wildman–Crippen MR) is 135 cm³/mol. The molecule has 0 saturated carbocycles. The number of carbonyl (C=O) groups is 1. The van der Waals surface area contributed by atoms with Crippen molar-refractivity contribution >= 4 is 38.1 Å². The molecular weight excluding hydrogens is 486 g/mol. The highest BCUT2D eigenvalue weighted by molar-refractivity contribution is 7.92. The average Bonchev–Trinajstić information content (AvgIpc) is 3.32. The first kappa shape index (κ1) is 22.9. The average molecular weight is 508 g/mol. The number of nitrogens with zero attached hydrogens (tertiary/aromatic N) is 1. The van der Waals surface area contributed by atoms with E-state index in [-0.39, 0.29) is 10.6 Å². The second-order valence-corrected chi connectivity index (χ2v) is 10.4. The van der Waals surface area contributed by atoms with E-state index in [2.05, 4.69) is 15.0 Å². The van der Waals surface area contributed by atoms with Gasteiger partial charge in [-0.25, -0.2) is 13.4 Å².